The predicted octanol–water partition coefficient (Wildman–Crippen LogP) is 2.89. The molecule has 1 aromatic rings. The minimum Gasteiger partial charge on any atom is -0.511 e. The van der Waals surface area contributed by atoms with Crippen LogP contribution in [0.1, 0.15) is 12.0 Å². The first-order valence-corrected chi connectivity index (χ1v) is 6.62. The summed E-state index contributed by atoms with van der Waals surface area (Å²) < 4.78 is 38.8. The maximum absolute atomic E-state index is 13.7. The third-order valence-electron chi connectivity index (χ3n) is 3.23. The van der Waals surface area contributed by atoms with Gasteiger partial charge in [-0.2, -0.15) is 0 Å². The molecule has 0 aliphatic carbocycles. The SMILES string of the molecule is C=C(Nc1cccc(F)c1CC(F)F)C1=C(O)CCNC1=O. The number of hydrogen-bond donors (Lipinski definition) is 3. The molecule has 1 aliphatic rings. The minimum atomic E-state index is -2.71. The number of anilines is 1. The summed E-state index contributed by atoms with van der Waals surface area (Å²) in [6.07, 6.45) is -3.23. The van der Waals surface area contributed by atoms with Crippen molar-refractivity contribution >= 4 is 11.6 Å². The summed E-state index contributed by atoms with van der Waals surface area (Å²) in [5.74, 6) is -1.44. The fraction of sp³-hybridized carbons (Fsp3) is 0.267. The lowest BCUT2D eigenvalue weighted by Crippen LogP contribution is -2.33. The highest BCUT2D eigenvalue weighted by Crippen LogP contribution is 2.26. The first kappa shape index (κ1) is 15.9. The van der Waals surface area contributed by atoms with Crippen LogP contribution in [0.5, 0.6) is 0 Å². The molecular formula is C15H15F3N2O2. The lowest BCUT2D eigenvalue weighted by atomic mass is 10.0. The molecule has 1 heterocycles. The van der Waals surface area contributed by atoms with Crippen LogP contribution < -0.4 is 10.6 Å². The molecule has 0 aromatic heterocycles. The summed E-state index contributed by atoms with van der Waals surface area (Å²) in [5, 5.41) is 15.0. The molecule has 4 nitrogen and oxygen atoms in total. The summed E-state index contributed by atoms with van der Waals surface area (Å²) in [6, 6.07) is 3.84. The third-order valence-corrected chi connectivity index (χ3v) is 3.23. The summed E-state index contributed by atoms with van der Waals surface area (Å²) in [4.78, 5) is 11.7. The Kier molecular flexibility index (Phi) is 4.75. The van der Waals surface area contributed by atoms with Gasteiger partial charge in [0.25, 0.3) is 5.91 Å². The lowest BCUT2D eigenvalue weighted by molar-refractivity contribution is -0.117. The zero-order valence-electron chi connectivity index (χ0n) is 11.6. The predicted molar refractivity (Wildman–Crippen MR) is 76.2 cm³/mol. The van der Waals surface area contributed by atoms with Crippen molar-refractivity contribution in [3.05, 3.63) is 53.2 Å². The van der Waals surface area contributed by atoms with E-state index in [1.807, 2.05) is 0 Å². The van der Waals surface area contributed by atoms with E-state index >= 15 is 0 Å². The Labute approximate surface area is 125 Å². The van der Waals surface area contributed by atoms with Crippen molar-refractivity contribution in [1.29, 1.82) is 0 Å². The van der Waals surface area contributed by atoms with Gasteiger partial charge in [-0.15, -0.1) is 0 Å². The van der Waals surface area contributed by atoms with E-state index in [0.717, 1.165) is 6.07 Å². The van der Waals surface area contributed by atoms with E-state index in [1.165, 1.54) is 12.1 Å². The van der Waals surface area contributed by atoms with Crippen LogP contribution in [-0.2, 0) is 11.2 Å². The number of rotatable bonds is 5. The molecule has 0 bridgehead atoms. The van der Waals surface area contributed by atoms with Gasteiger partial charge in [0.2, 0.25) is 6.43 Å². The first-order chi connectivity index (χ1) is 10.4. The number of benzene rings is 1. The van der Waals surface area contributed by atoms with E-state index in [1.54, 1.807) is 0 Å². The van der Waals surface area contributed by atoms with Crippen molar-refractivity contribution in [3.63, 3.8) is 0 Å². The van der Waals surface area contributed by atoms with Gasteiger partial charge in [-0.1, -0.05) is 12.6 Å². The number of carbonyl (C=O) groups is 1. The Bertz CT molecular complexity index is 642. The molecule has 0 saturated heterocycles. The number of halogens is 3. The van der Waals surface area contributed by atoms with E-state index in [-0.39, 0.29) is 34.7 Å². The van der Waals surface area contributed by atoms with Crippen LogP contribution >= 0.6 is 0 Å². The Hall–Kier alpha value is -2.44. The van der Waals surface area contributed by atoms with Gasteiger partial charge < -0.3 is 15.7 Å². The van der Waals surface area contributed by atoms with Gasteiger partial charge in [0.15, 0.2) is 0 Å². The van der Waals surface area contributed by atoms with Crippen LogP contribution in [0.3, 0.4) is 0 Å². The van der Waals surface area contributed by atoms with Gasteiger partial charge in [0.05, 0.1) is 5.57 Å². The fourth-order valence-electron chi connectivity index (χ4n) is 2.21. The fourth-order valence-corrected chi connectivity index (χ4v) is 2.21. The molecule has 0 unspecified atom stereocenters. The van der Waals surface area contributed by atoms with Crippen molar-refractivity contribution in [1.82, 2.24) is 5.32 Å². The van der Waals surface area contributed by atoms with E-state index in [4.69, 9.17) is 0 Å². The highest BCUT2D eigenvalue weighted by Gasteiger charge is 2.23. The number of amides is 1. The van der Waals surface area contributed by atoms with Crippen molar-refractivity contribution in [2.45, 2.75) is 19.3 Å². The van der Waals surface area contributed by atoms with E-state index in [0.29, 0.717) is 6.54 Å². The molecule has 7 heteroatoms. The van der Waals surface area contributed by atoms with E-state index in [9.17, 15) is 23.1 Å². The van der Waals surface area contributed by atoms with Crippen molar-refractivity contribution in [2.24, 2.45) is 0 Å². The van der Waals surface area contributed by atoms with E-state index < -0.39 is 24.6 Å². The van der Waals surface area contributed by atoms with Crippen LogP contribution in [0.2, 0.25) is 0 Å². The molecule has 2 rings (SSSR count). The molecule has 1 aliphatic heterocycles. The Balaban J connectivity index is 2.29. The number of aliphatic hydroxyl groups is 1. The second kappa shape index (κ2) is 6.55. The van der Waals surface area contributed by atoms with Crippen LogP contribution in [0.15, 0.2) is 41.8 Å². The quantitative estimate of drug-likeness (QED) is 0.783. The topological polar surface area (TPSA) is 61.4 Å². The second-order valence-electron chi connectivity index (χ2n) is 4.79. The summed E-state index contributed by atoms with van der Waals surface area (Å²) in [7, 11) is 0. The van der Waals surface area contributed by atoms with Crippen LogP contribution in [0.25, 0.3) is 0 Å². The van der Waals surface area contributed by atoms with E-state index in [2.05, 4.69) is 17.2 Å². The molecule has 0 radical (unpaired) electrons. The zero-order valence-corrected chi connectivity index (χ0v) is 11.6. The van der Waals surface area contributed by atoms with Gasteiger partial charge >= 0.3 is 0 Å². The van der Waals surface area contributed by atoms with Gasteiger partial charge in [-0.3, -0.25) is 4.79 Å². The summed E-state index contributed by atoms with van der Waals surface area (Å²) in [5.41, 5.74) is -0.145. The molecule has 0 fully saturated rings. The molecule has 118 valence electrons. The van der Waals surface area contributed by atoms with Crippen molar-refractivity contribution < 1.29 is 23.1 Å². The third kappa shape index (κ3) is 3.41. The molecule has 3 N–H and O–H groups in total. The monoisotopic (exact) mass is 312 g/mol. The van der Waals surface area contributed by atoms with Gasteiger partial charge in [0, 0.05) is 36.3 Å². The largest absolute Gasteiger partial charge is 0.511 e. The minimum absolute atomic E-state index is 0.0239. The maximum atomic E-state index is 13.7. The van der Waals surface area contributed by atoms with Gasteiger partial charge in [-0.25, -0.2) is 13.2 Å². The molecular weight excluding hydrogens is 297 g/mol. The Morgan fingerprint density at radius 1 is 1.45 bits per heavy atom. The number of carbonyl (C=O) groups excluding carboxylic acids is 1. The summed E-state index contributed by atoms with van der Waals surface area (Å²) in [6.45, 7) is 3.93. The van der Waals surface area contributed by atoms with Gasteiger partial charge in [0.1, 0.15) is 11.6 Å². The highest BCUT2D eigenvalue weighted by molar-refractivity contribution is 5.99. The molecule has 0 spiro atoms. The Morgan fingerprint density at radius 3 is 2.82 bits per heavy atom. The zero-order chi connectivity index (χ0) is 16.3. The molecule has 0 atom stereocenters. The normalized spacial score (nSPS) is 15.0. The van der Waals surface area contributed by atoms with Crippen LogP contribution in [-0.4, -0.2) is 24.0 Å². The van der Waals surface area contributed by atoms with Crippen LogP contribution in [0, 0.1) is 5.82 Å². The van der Waals surface area contributed by atoms with Crippen molar-refractivity contribution in [3.8, 4) is 0 Å². The average Bonchev–Trinajstić information content (AvgIpc) is 2.42. The van der Waals surface area contributed by atoms with Crippen molar-refractivity contribution in [2.75, 3.05) is 11.9 Å². The standard InChI is InChI=1S/C15H15F3N2O2/c1-8(14-12(21)5-6-19-15(14)22)20-11-4-2-3-10(16)9(11)7-13(17)18/h2-4,13,20-21H,1,5-7H2,(H,19,22). The lowest BCUT2D eigenvalue weighted by Gasteiger charge is -2.20. The second-order valence-corrected chi connectivity index (χ2v) is 4.79. The summed E-state index contributed by atoms with van der Waals surface area (Å²) >= 11 is 0. The average molecular weight is 312 g/mol. The smallest absolute Gasteiger partial charge is 0.256 e. The highest BCUT2D eigenvalue weighted by atomic mass is 19.3. The van der Waals surface area contributed by atoms with Gasteiger partial charge in [-0.05, 0) is 12.1 Å². The number of alkyl halides is 2. The maximum Gasteiger partial charge on any atom is 0.256 e. The number of aliphatic hydroxyl groups excluding tert-OH is 1. The number of nitrogens with one attached hydrogen (secondary N) is 2. The molecule has 1 amide bonds. The molecule has 1 aromatic carbocycles. The molecule has 0 saturated carbocycles. The molecule has 22 heavy (non-hydrogen) atoms. The van der Waals surface area contributed by atoms with Crippen LogP contribution in [0.4, 0.5) is 18.9 Å². The first-order valence-electron chi connectivity index (χ1n) is 6.62. The number of hydrogen-bond acceptors (Lipinski definition) is 3. The Morgan fingerprint density at radius 2 is 2.18 bits per heavy atom.